The van der Waals surface area contributed by atoms with Gasteiger partial charge in [0.15, 0.2) is 0 Å². The summed E-state index contributed by atoms with van der Waals surface area (Å²) >= 11 is 0. The van der Waals surface area contributed by atoms with E-state index in [1.54, 1.807) is 0 Å². The Bertz CT molecular complexity index is 301. The van der Waals surface area contributed by atoms with Gasteiger partial charge in [0.2, 0.25) is 0 Å². The van der Waals surface area contributed by atoms with Crippen molar-refractivity contribution in [3.05, 3.63) is 11.6 Å². The molecule has 0 fully saturated rings. The summed E-state index contributed by atoms with van der Waals surface area (Å²) in [4.78, 5) is 11.7. The summed E-state index contributed by atoms with van der Waals surface area (Å²) in [6.45, 7) is 7.08. The standard InChI is InChI=1S/C14H25NO3/c1-4-6-18-10(3)11-7-12(9-13(15)8-11)14(16)17-5-2/h7,10-11,13H,4-6,8-9,15H2,1-3H3. The molecule has 1 aliphatic rings. The van der Waals surface area contributed by atoms with E-state index < -0.39 is 0 Å². The summed E-state index contributed by atoms with van der Waals surface area (Å²) in [7, 11) is 0. The first-order chi connectivity index (χ1) is 8.58. The average molecular weight is 255 g/mol. The quantitative estimate of drug-likeness (QED) is 0.738. The van der Waals surface area contributed by atoms with E-state index >= 15 is 0 Å². The maximum Gasteiger partial charge on any atom is 0.333 e. The van der Waals surface area contributed by atoms with Crippen LogP contribution >= 0.6 is 0 Å². The maximum absolute atomic E-state index is 11.7. The van der Waals surface area contributed by atoms with E-state index in [1.165, 1.54) is 0 Å². The molecule has 1 rings (SSSR count). The van der Waals surface area contributed by atoms with Crippen LogP contribution in [0.2, 0.25) is 0 Å². The highest BCUT2D eigenvalue weighted by Gasteiger charge is 2.27. The Kier molecular flexibility index (Phi) is 6.36. The van der Waals surface area contributed by atoms with Crippen molar-refractivity contribution in [1.82, 2.24) is 0 Å². The molecule has 0 bridgehead atoms. The molecule has 1 aliphatic carbocycles. The Morgan fingerprint density at radius 3 is 2.89 bits per heavy atom. The molecule has 3 unspecified atom stereocenters. The zero-order valence-corrected chi connectivity index (χ0v) is 11.6. The topological polar surface area (TPSA) is 61.5 Å². The van der Waals surface area contributed by atoms with Crippen LogP contribution in [0.25, 0.3) is 0 Å². The van der Waals surface area contributed by atoms with Gasteiger partial charge in [-0.2, -0.15) is 0 Å². The van der Waals surface area contributed by atoms with Gasteiger partial charge < -0.3 is 15.2 Å². The van der Waals surface area contributed by atoms with Gasteiger partial charge in [-0.15, -0.1) is 0 Å². The van der Waals surface area contributed by atoms with Crippen LogP contribution in [0.3, 0.4) is 0 Å². The number of carbonyl (C=O) groups excluding carboxylic acids is 1. The lowest BCUT2D eigenvalue weighted by Gasteiger charge is -2.29. The van der Waals surface area contributed by atoms with E-state index in [4.69, 9.17) is 15.2 Å². The zero-order valence-electron chi connectivity index (χ0n) is 11.6. The average Bonchev–Trinajstić information content (AvgIpc) is 2.35. The van der Waals surface area contributed by atoms with Crippen molar-refractivity contribution >= 4 is 5.97 Å². The third kappa shape index (κ3) is 4.42. The highest BCUT2D eigenvalue weighted by molar-refractivity contribution is 5.88. The van der Waals surface area contributed by atoms with Gasteiger partial charge in [-0.3, -0.25) is 0 Å². The molecule has 104 valence electrons. The van der Waals surface area contributed by atoms with Crippen LogP contribution in [0.1, 0.15) is 40.0 Å². The highest BCUT2D eigenvalue weighted by Crippen LogP contribution is 2.27. The number of esters is 1. The summed E-state index contributed by atoms with van der Waals surface area (Å²) in [6, 6.07) is 0.0204. The molecule has 0 aliphatic heterocycles. The number of ether oxygens (including phenoxy) is 2. The number of hydrogen-bond acceptors (Lipinski definition) is 4. The molecule has 0 spiro atoms. The van der Waals surface area contributed by atoms with E-state index in [2.05, 4.69) is 6.92 Å². The molecule has 0 saturated carbocycles. The molecule has 4 nitrogen and oxygen atoms in total. The van der Waals surface area contributed by atoms with Crippen LogP contribution in [0.4, 0.5) is 0 Å². The third-order valence-corrected chi connectivity index (χ3v) is 3.20. The molecule has 0 heterocycles. The molecule has 0 amide bonds. The van der Waals surface area contributed by atoms with Crippen LogP contribution in [-0.2, 0) is 14.3 Å². The van der Waals surface area contributed by atoms with Crippen molar-refractivity contribution in [2.45, 2.75) is 52.2 Å². The van der Waals surface area contributed by atoms with E-state index in [0.29, 0.717) is 18.6 Å². The Balaban J connectivity index is 2.67. The van der Waals surface area contributed by atoms with Crippen LogP contribution in [-0.4, -0.2) is 31.3 Å². The SMILES string of the molecule is CCCOC(C)C1C=C(C(=O)OCC)CC(N)C1. The molecule has 0 aromatic heterocycles. The van der Waals surface area contributed by atoms with Crippen molar-refractivity contribution in [1.29, 1.82) is 0 Å². The van der Waals surface area contributed by atoms with Gasteiger partial charge >= 0.3 is 5.97 Å². The van der Waals surface area contributed by atoms with E-state index in [1.807, 2.05) is 19.9 Å². The van der Waals surface area contributed by atoms with Gasteiger partial charge in [0, 0.05) is 24.1 Å². The number of rotatable bonds is 6. The molecule has 0 aromatic rings. The van der Waals surface area contributed by atoms with E-state index in [9.17, 15) is 4.79 Å². The molecule has 18 heavy (non-hydrogen) atoms. The van der Waals surface area contributed by atoms with Crippen LogP contribution in [0.15, 0.2) is 11.6 Å². The van der Waals surface area contributed by atoms with Crippen LogP contribution in [0, 0.1) is 5.92 Å². The fourth-order valence-electron chi connectivity index (χ4n) is 2.24. The van der Waals surface area contributed by atoms with Gasteiger partial charge in [0.1, 0.15) is 0 Å². The third-order valence-electron chi connectivity index (χ3n) is 3.20. The molecule has 2 N–H and O–H groups in total. The Labute approximate surface area is 110 Å². The number of nitrogens with two attached hydrogens (primary N) is 1. The molecule has 0 saturated heterocycles. The molecular weight excluding hydrogens is 230 g/mol. The number of hydrogen-bond donors (Lipinski definition) is 1. The van der Waals surface area contributed by atoms with Gasteiger partial charge in [-0.25, -0.2) is 4.79 Å². The van der Waals surface area contributed by atoms with Gasteiger partial charge in [0.25, 0.3) is 0 Å². The minimum absolute atomic E-state index is 0.0204. The van der Waals surface area contributed by atoms with Crippen LogP contribution in [0.5, 0.6) is 0 Å². The van der Waals surface area contributed by atoms with Gasteiger partial charge in [-0.1, -0.05) is 13.0 Å². The summed E-state index contributed by atoms with van der Waals surface area (Å²) in [6.07, 6.45) is 4.56. The first-order valence-corrected chi connectivity index (χ1v) is 6.83. The summed E-state index contributed by atoms with van der Waals surface area (Å²) in [5, 5.41) is 0. The molecule has 3 atom stereocenters. The summed E-state index contributed by atoms with van der Waals surface area (Å²) in [5.74, 6) is -0.0277. The molecular formula is C14H25NO3. The lowest BCUT2D eigenvalue weighted by Crippen LogP contribution is -2.34. The number of carbonyl (C=O) groups is 1. The van der Waals surface area contributed by atoms with Gasteiger partial charge in [-0.05, 0) is 33.1 Å². The molecule has 4 heteroatoms. The first kappa shape index (κ1) is 15.2. The van der Waals surface area contributed by atoms with E-state index in [0.717, 1.165) is 19.4 Å². The predicted molar refractivity (Wildman–Crippen MR) is 71.1 cm³/mol. The second kappa shape index (κ2) is 7.54. The Morgan fingerprint density at radius 2 is 2.28 bits per heavy atom. The lowest BCUT2D eigenvalue weighted by atomic mass is 9.84. The smallest absolute Gasteiger partial charge is 0.333 e. The maximum atomic E-state index is 11.7. The Hall–Kier alpha value is -0.870. The van der Waals surface area contributed by atoms with Crippen LogP contribution < -0.4 is 5.73 Å². The van der Waals surface area contributed by atoms with Gasteiger partial charge in [0.05, 0.1) is 12.7 Å². The monoisotopic (exact) mass is 255 g/mol. The Morgan fingerprint density at radius 1 is 1.56 bits per heavy atom. The predicted octanol–water partition coefficient (Wildman–Crippen LogP) is 2.03. The summed E-state index contributed by atoms with van der Waals surface area (Å²) < 4.78 is 10.8. The molecule has 0 aromatic carbocycles. The minimum atomic E-state index is -0.236. The summed E-state index contributed by atoms with van der Waals surface area (Å²) in [5.41, 5.74) is 6.71. The van der Waals surface area contributed by atoms with Crippen molar-refractivity contribution in [2.24, 2.45) is 11.7 Å². The fourth-order valence-corrected chi connectivity index (χ4v) is 2.24. The zero-order chi connectivity index (χ0) is 13.5. The first-order valence-electron chi connectivity index (χ1n) is 6.83. The second-order valence-electron chi connectivity index (χ2n) is 4.85. The normalized spacial score (nSPS) is 25.4. The highest BCUT2D eigenvalue weighted by atomic mass is 16.5. The van der Waals surface area contributed by atoms with Crippen molar-refractivity contribution in [3.63, 3.8) is 0 Å². The van der Waals surface area contributed by atoms with Crippen molar-refractivity contribution < 1.29 is 14.3 Å². The van der Waals surface area contributed by atoms with Crippen molar-refractivity contribution in [3.8, 4) is 0 Å². The molecule has 0 radical (unpaired) electrons. The largest absolute Gasteiger partial charge is 0.463 e. The lowest BCUT2D eigenvalue weighted by molar-refractivity contribution is -0.138. The second-order valence-corrected chi connectivity index (χ2v) is 4.85. The van der Waals surface area contributed by atoms with Crippen molar-refractivity contribution in [2.75, 3.05) is 13.2 Å². The van der Waals surface area contributed by atoms with E-state index in [-0.39, 0.29) is 24.0 Å². The minimum Gasteiger partial charge on any atom is -0.463 e. The fraction of sp³-hybridized carbons (Fsp3) is 0.786.